The Hall–Kier alpha value is -1.35. The third kappa shape index (κ3) is 3.40. The lowest BCUT2D eigenvalue weighted by molar-refractivity contribution is 0.411. The zero-order valence-electron chi connectivity index (χ0n) is 11.7. The number of methoxy groups -OCH3 is 1. The summed E-state index contributed by atoms with van der Waals surface area (Å²) in [6.07, 6.45) is 2.20. The Morgan fingerprint density at radius 2 is 1.85 bits per heavy atom. The quantitative estimate of drug-likeness (QED) is 0.675. The molecule has 0 amide bonds. The number of rotatable bonds is 5. The van der Waals surface area contributed by atoms with Crippen molar-refractivity contribution in [2.45, 2.75) is 24.6 Å². The molecule has 0 spiro atoms. The van der Waals surface area contributed by atoms with Crippen LogP contribution >= 0.6 is 15.9 Å². The summed E-state index contributed by atoms with van der Waals surface area (Å²) >= 11 is 3.57. The highest BCUT2D eigenvalue weighted by Gasteiger charge is 2.15. The highest BCUT2D eigenvalue weighted by molar-refractivity contribution is 9.09. The van der Waals surface area contributed by atoms with Gasteiger partial charge in [0.25, 0.3) is 0 Å². The number of halogens is 2. The van der Waals surface area contributed by atoms with Gasteiger partial charge in [-0.2, -0.15) is 0 Å². The number of hydrogen-bond acceptors (Lipinski definition) is 1. The van der Waals surface area contributed by atoms with Gasteiger partial charge in [0, 0.05) is 11.6 Å². The van der Waals surface area contributed by atoms with Crippen LogP contribution in [0.3, 0.4) is 0 Å². The van der Waals surface area contributed by atoms with Crippen LogP contribution in [0.5, 0.6) is 5.75 Å². The molecule has 2 rings (SSSR count). The largest absolute Gasteiger partial charge is 0.497 e. The molecule has 1 atom stereocenters. The fourth-order valence-corrected chi connectivity index (χ4v) is 2.84. The minimum Gasteiger partial charge on any atom is -0.497 e. The molecule has 0 saturated carbocycles. The molecule has 20 heavy (non-hydrogen) atoms. The Morgan fingerprint density at radius 3 is 2.40 bits per heavy atom. The van der Waals surface area contributed by atoms with Crippen molar-refractivity contribution in [3.63, 3.8) is 0 Å². The number of ether oxygens (including phenoxy) is 1. The van der Waals surface area contributed by atoms with E-state index in [1.54, 1.807) is 12.1 Å². The van der Waals surface area contributed by atoms with E-state index in [0.29, 0.717) is 11.3 Å². The summed E-state index contributed by atoms with van der Waals surface area (Å²) in [5.41, 5.74) is 2.98. The van der Waals surface area contributed by atoms with Crippen LogP contribution in [0.4, 0.5) is 4.39 Å². The Bertz CT molecular complexity index is 566. The van der Waals surface area contributed by atoms with Gasteiger partial charge in [-0.3, -0.25) is 0 Å². The van der Waals surface area contributed by atoms with E-state index in [-0.39, 0.29) is 10.6 Å². The molecule has 1 nitrogen and oxygen atoms in total. The molecule has 0 fully saturated rings. The number of hydrogen-bond donors (Lipinski definition) is 0. The topological polar surface area (TPSA) is 9.23 Å². The minimum atomic E-state index is -0.260. The van der Waals surface area contributed by atoms with Crippen molar-refractivity contribution in [3.8, 4) is 5.75 Å². The molecule has 0 aliphatic rings. The molecule has 2 aromatic carbocycles. The molecule has 0 heterocycles. The van der Waals surface area contributed by atoms with Gasteiger partial charge in [-0.1, -0.05) is 59.6 Å². The minimum absolute atomic E-state index is 0.149. The van der Waals surface area contributed by atoms with E-state index in [1.165, 1.54) is 18.7 Å². The Morgan fingerprint density at radius 1 is 1.15 bits per heavy atom. The zero-order chi connectivity index (χ0) is 14.5. The average Bonchev–Trinajstić information content (AvgIpc) is 2.47. The normalized spacial score (nSPS) is 12.2. The van der Waals surface area contributed by atoms with Gasteiger partial charge in [-0.05, 0) is 23.6 Å². The highest BCUT2D eigenvalue weighted by Crippen LogP contribution is 2.33. The summed E-state index contributed by atoms with van der Waals surface area (Å²) in [7, 11) is 1.53. The summed E-state index contributed by atoms with van der Waals surface area (Å²) in [6.45, 7) is 2.16. The van der Waals surface area contributed by atoms with Crippen molar-refractivity contribution < 1.29 is 9.13 Å². The molecule has 3 heteroatoms. The van der Waals surface area contributed by atoms with E-state index in [1.807, 2.05) is 12.1 Å². The van der Waals surface area contributed by atoms with Crippen LogP contribution in [-0.4, -0.2) is 7.11 Å². The van der Waals surface area contributed by atoms with Gasteiger partial charge >= 0.3 is 0 Å². The van der Waals surface area contributed by atoms with E-state index in [4.69, 9.17) is 4.74 Å². The maximum Gasteiger partial charge on any atom is 0.131 e. The first-order valence-corrected chi connectivity index (χ1v) is 7.63. The smallest absolute Gasteiger partial charge is 0.131 e. The molecular weight excluding hydrogens is 319 g/mol. The number of aryl methyl sites for hydroxylation is 1. The van der Waals surface area contributed by atoms with Crippen LogP contribution in [0.2, 0.25) is 0 Å². The zero-order valence-corrected chi connectivity index (χ0v) is 13.3. The summed E-state index contributed by atoms with van der Waals surface area (Å²) in [4.78, 5) is -0.149. The third-order valence-electron chi connectivity index (χ3n) is 3.29. The Kier molecular flexibility index (Phi) is 5.18. The first-order chi connectivity index (χ1) is 9.65. The fourth-order valence-electron chi connectivity index (χ4n) is 2.16. The van der Waals surface area contributed by atoms with Gasteiger partial charge in [-0.15, -0.1) is 0 Å². The van der Waals surface area contributed by atoms with Crippen molar-refractivity contribution in [3.05, 3.63) is 65.0 Å². The van der Waals surface area contributed by atoms with Gasteiger partial charge < -0.3 is 4.74 Å². The molecular formula is C17H18BrFO. The number of alkyl halides is 1. The van der Waals surface area contributed by atoms with Crippen molar-refractivity contribution in [1.82, 2.24) is 0 Å². The molecule has 0 N–H and O–H groups in total. The molecule has 0 bridgehead atoms. The van der Waals surface area contributed by atoms with Crippen LogP contribution in [0.15, 0.2) is 42.5 Å². The lowest BCUT2D eigenvalue weighted by atomic mass is 10.0. The second kappa shape index (κ2) is 6.89. The van der Waals surface area contributed by atoms with Gasteiger partial charge in [0.15, 0.2) is 0 Å². The maximum atomic E-state index is 14.1. The number of benzene rings is 2. The predicted molar refractivity (Wildman–Crippen MR) is 84.2 cm³/mol. The molecule has 0 aromatic heterocycles. The summed E-state index contributed by atoms with van der Waals surface area (Å²) in [5.74, 6) is 0.271. The molecule has 1 unspecified atom stereocenters. The summed E-state index contributed by atoms with van der Waals surface area (Å²) in [6, 6.07) is 13.3. The van der Waals surface area contributed by atoms with E-state index in [9.17, 15) is 4.39 Å². The molecule has 2 aromatic rings. The van der Waals surface area contributed by atoms with E-state index < -0.39 is 0 Å². The van der Waals surface area contributed by atoms with Crippen LogP contribution in [0, 0.1) is 5.82 Å². The van der Waals surface area contributed by atoms with Crippen molar-refractivity contribution in [2.75, 3.05) is 7.11 Å². The fraction of sp³-hybridized carbons (Fsp3) is 0.294. The summed E-state index contributed by atoms with van der Waals surface area (Å²) < 4.78 is 19.1. The van der Waals surface area contributed by atoms with Gasteiger partial charge in [0.05, 0.1) is 11.9 Å². The first kappa shape index (κ1) is 15.0. The Balaban J connectivity index is 2.24. The molecule has 106 valence electrons. The van der Waals surface area contributed by atoms with Gasteiger partial charge in [0.2, 0.25) is 0 Å². The molecule has 0 saturated heterocycles. The predicted octanol–water partition coefficient (Wildman–Crippen LogP) is 5.27. The Labute approximate surface area is 127 Å². The van der Waals surface area contributed by atoms with Crippen LogP contribution in [-0.2, 0) is 6.42 Å². The SMILES string of the molecule is CCCc1ccc(C(Br)c2ccc(OC)cc2F)cc1. The first-order valence-electron chi connectivity index (χ1n) is 6.72. The standard InChI is InChI=1S/C17H18BrFO/c1-3-4-12-5-7-13(8-6-12)17(18)15-10-9-14(20-2)11-16(15)19/h5-11,17H,3-4H2,1-2H3. The molecule has 0 aliphatic carbocycles. The average molecular weight is 337 g/mol. The third-order valence-corrected chi connectivity index (χ3v) is 4.31. The second-order valence-electron chi connectivity index (χ2n) is 4.74. The van der Waals surface area contributed by atoms with Crippen molar-refractivity contribution in [2.24, 2.45) is 0 Å². The van der Waals surface area contributed by atoms with Crippen LogP contribution in [0.1, 0.15) is 34.9 Å². The molecule has 0 aliphatic heterocycles. The highest BCUT2D eigenvalue weighted by atomic mass is 79.9. The maximum absolute atomic E-state index is 14.1. The molecule has 0 radical (unpaired) electrons. The second-order valence-corrected chi connectivity index (χ2v) is 5.66. The van der Waals surface area contributed by atoms with E-state index in [0.717, 1.165) is 18.4 Å². The van der Waals surface area contributed by atoms with Crippen LogP contribution in [0.25, 0.3) is 0 Å². The van der Waals surface area contributed by atoms with Crippen molar-refractivity contribution >= 4 is 15.9 Å². The van der Waals surface area contributed by atoms with Crippen molar-refractivity contribution in [1.29, 1.82) is 0 Å². The van der Waals surface area contributed by atoms with E-state index >= 15 is 0 Å². The lowest BCUT2D eigenvalue weighted by Crippen LogP contribution is -1.98. The monoisotopic (exact) mass is 336 g/mol. The summed E-state index contributed by atoms with van der Waals surface area (Å²) in [5, 5.41) is 0. The van der Waals surface area contributed by atoms with Gasteiger partial charge in [-0.25, -0.2) is 4.39 Å². The van der Waals surface area contributed by atoms with E-state index in [2.05, 4.69) is 35.0 Å². The lowest BCUT2D eigenvalue weighted by Gasteiger charge is -2.13. The van der Waals surface area contributed by atoms with Crippen LogP contribution < -0.4 is 4.74 Å². The van der Waals surface area contributed by atoms with Gasteiger partial charge in [0.1, 0.15) is 11.6 Å².